The maximum Gasteiger partial charge on any atom is 0.230 e. The fourth-order valence-electron chi connectivity index (χ4n) is 2.94. The molecular weight excluding hydrogens is 369 g/mol. The molecule has 1 aliphatic rings. The SMILES string of the molecule is Cn1c(SCC(=O)NCCCN2CCCC2=O)nnc1-c1ccccc1F. The van der Waals surface area contributed by atoms with E-state index in [4.69, 9.17) is 0 Å². The molecule has 1 aromatic heterocycles. The Balaban J connectivity index is 1.44. The fourth-order valence-corrected chi connectivity index (χ4v) is 3.68. The molecule has 2 heterocycles. The highest BCUT2D eigenvalue weighted by Gasteiger charge is 2.19. The van der Waals surface area contributed by atoms with Crippen molar-refractivity contribution in [1.29, 1.82) is 0 Å². The number of carbonyl (C=O) groups is 2. The highest BCUT2D eigenvalue weighted by molar-refractivity contribution is 7.99. The van der Waals surface area contributed by atoms with Gasteiger partial charge < -0.3 is 14.8 Å². The summed E-state index contributed by atoms with van der Waals surface area (Å²) in [6, 6.07) is 6.38. The van der Waals surface area contributed by atoms with Crippen LogP contribution in [-0.2, 0) is 16.6 Å². The Kier molecular flexibility index (Phi) is 6.44. The van der Waals surface area contributed by atoms with Crippen LogP contribution in [0, 0.1) is 5.82 Å². The molecule has 27 heavy (non-hydrogen) atoms. The summed E-state index contributed by atoms with van der Waals surface area (Å²) in [7, 11) is 1.75. The van der Waals surface area contributed by atoms with Gasteiger partial charge in [0.1, 0.15) is 5.82 Å². The van der Waals surface area contributed by atoms with E-state index >= 15 is 0 Å². The first-order valence-corrected chi connectivity index (χ1v) is 9.86. The average Bonchev–Trinajstić information content (AvgIpc) is 3.23. The molecule has 7 nitrogen and oxygen atoms in total. The van der Waals surface area contributed by atoms with Gasteiger partial charge in [0.05, 0.1) is 11.3 Å². The molecule has 1 aromatic carbocycles. The fraction of sp³-hybridized carbons (Fsp3) is 0.444. The van der Waals surface area contributed by atoms with E-state index in [2.05, 4.69) is 15.5 Å². The van der Waals surface area contributed by atoms with Crippen LogP contribution in [-0.4, -0.2) is 56.9 Å². The zero-order chi connectivity index (χ0) is 19.2. The smallest absolute Gasteiger partial charge is 0.230 e. The number of nitrogens with one attached hydrogen (secondary N) is 1. The first-order valence-electron chi connectivity index (χ1n) is 8.88. The molecule has 144 valence electrons. The number of nitrogens with zero attached hydrogens (tertiary/aromatic N) is 4. The molecular formula is C18H22FN5O2S. The number of hydrogen-bond acceptors (Lipinski definition) is 5. The molecule has 0 spiro atoms. The second kappa shape index (κ2) is 8.98. The predicted octanol–water partition coefficient (Wildman–Crippen LogP) is 1.84. The van der Waals surface area contributed by atoms with E-state index in [1.807, 2.05) is 4.90 Å². The second-order valence-corrected chi connectivity index (χ2v) is 7.26. The van der Waals surface area contributed by atoms with Crippen molar-refractivity contribution >= 4 is 23.6 Å². The second-order valence-electron chi connectivity index (χ2n) is 6.32. The van der Waals surface area contributed by atoms with Gasteiger partial charge in [-0.1, -0.05) is 23.9 Å². The quantitative estimate of drug-likeness (QED) is 0.549. The summed E-state index contributed by atoms with van der Waals surface area (Å²) in [4.78, 5) is 25.3. The summed E-state index contributed by atoms with van der Waals surface area (Å²) in [5, 5.41) is 11.5. The number of halogens is 1. The van der Waals surface area contributed by atoms with Crippen molar-refractivity contribution in [2.75, 3.05) is 25.4 Å². The van der Waals surface area contributed by atoms with Crippen LogP contribution in [0.15, 0.2) is 29.4 Å². The molecule has 2 amide bonds. The Morgan fingerprint density at radius 1 is 1.33 bits per heavy atom. The lowest BCUT2D eigenvalue weighted by Gasteiger charge is -2.15. The Hall–Kier alpha value is -2.42. The van der Waals surface area contributed by atoms with Crippen LogP contribution < -0.4 is 5.32 Å². The molecule has 2 aromatic rings. The lowest BCUT2D eigenvalue weighted by atomic mass is 10.2. The monoisotopic (exact) mass is 391 g/mol. The molecule has 0 atom stereocenters. The lowest BCUT2D eigenvalue weighted by molar-refractivity contribution is -0.127. The zero-order valence-electron chi connectivity index (χ0n) is 15.2. The van der Waals surface area contributed by atoms with Gasteiger partial charge in [-0.3, -0.25) is 9.59 Å². The van der Waals surface area contributed by atoms with E-state index < -0.39 is 0 Å². The van der Waals surface area contributed by atoms with Gasteiger partial charge in [0.2, 0.25) is 11.8 Å². The minimum Gasteiger partial charge on any atom is -0.355 e. The molecule has 9 heteroatoms. The van der Waals surface area contributed by atoms with Crippen LogP contribution in [0.2, 0.25) is 0 Å². The van der Waals surface area contributed by atoms with Crippen molar-refractivity contribution in [1.82, 2.24) is 25.0 Å². The van der Waals surface area contributed by atoms with Gasteiger partial charge in [0.15, 0.2) is 11.0 Å². The summed E-state index contributed by atoms with van der Waals surface area (Å²) in [5.74, 6) is 0.351. The Morgan fingerprint density at radius 3 is 2.89 bits per heavy atom. The highest BCUT2D eigenvalue weighted by Crippen LogP contribution is 2.24. The summed E-state index contributed by atoms with van der Waals surface area (Å²) in [6.45, 7) is 2.03. The third kappa shape index (κ3) is 4.85. The van der Waals surface area contributed by atoms with Crippen molar-refractivity contribution in [3.8, 4) is 11.4 Å². The van der Waals surface area contributed by atoms with E-state index in [-0.39, 0.29) is 23.4 Å². The minimum absolute atomic E-state index is 0.108. The molecule has 0 aliphatic carbocycles. The van der Waals surface area contributed by atoms with E-state index in [0.29, 0.717) is 36.1 Å². The van der Waals surface area contributed by atoms with Crippen molar-refractivity contribution in [2.45, 2.75) is 24.4 Å². The van der Waals surface area contributed by atoms with Crippen LogP contribution in [0.3, 0.4) is 0 Å². The first-order chi connectivity index (χ1) is 13.1. The third-order valence-corrected chi connectivity index (χ3v) is 5.40. The van der Waals surface area contributed by atoms with Crippen molar-refractivity contribution in [3.63, 3.8) is 0 Å². The average molecular weight is 391 g/mol. The standard InChI is InChI=1S/C18H22FN5O2S/c1-23-17(13-6-2-3-7-14(13)19)21-22-18(23)27-12-15(25)20-9-5-11-24-10-4-8-16(24)26/h2-3,6-7H,4-5,8-12H2,1H3,(H,20,25). The molecule has 0 bridgehead atoms. The third-order valence-electron chi connectivity index (χ3n) is 4.38. The Labute approximate surface area is 161 Å². The maximum absolute atomic E-state index is 13.9. The van der Waals surface area contributed by atoms with Gasteiger partial charge >= 0.3 is 0 Å². The van der Waals surface area contributed by atoms with Gasteiger partial charge in [-0.05, 0) is 25.0 Å². The van der Waals surface area contributed by atoms with Crippen LogP contribution in [0.25, 0.3) is 11.4 Å². The van der Waals surface area contributed by atoms with E-state index in [0.717, 1.165) is 19.4 Å². The summed E-state index contributed by atoms with van der Waals surface area (Å²) in [5.41, 5.74) is 0.375. The number of thioether (sulfide) groups is 1. The number of likely N-dealkylation sites (tertiary alicyclic amines) is 1. The van der Waals surface area contributed by atoms with Crippen molar-refractivity contribution < 1.29 is 14.0 Å². The molecule has 3 rings (SSSR count). The van der Waals surface area contributed by atoms with Gasteiger partial charge in [-0.2, -0.15) is 0 Å². The topological polar surface area (TPSA) is 80.1 Å². The van der Waals surface area contributed by atoms with Gasteiger partial charge in [0.25, 0.3) is 0 Å². The van der Waals surface area contributed by atoms with Crippen LogP contribution >= 0.6 is 11.8 Å². The summed E-state index contributed by atoms with van der Waals surface area (Å²) < 4.78 is 15.6. The molecule has 0 unspecified atom stereocenters. The largest absolute Gasteiger partial charge is 0.355 e. The molecule has 0 saturated carbocycles. The Morgan fingerprint density at radius 2 is 2.15 bits per heavy atom. The van der Waals surface area contributed by atoms with E-state index in [1.165, 1.54) is 17.8 Å². The molecule has 1 fully saturated rings. The van der Waals surface area contributed by atoms with Crippen LogP contribution in [0.4, 0.5) is 4.39 Å². The maximum atomic E-state index is 13.9. The minimum atomic E-state index is -0.362. The van der Waals surface area contributed by atoms with E-state index in [9.17, 15) is 14.0 Å². The number of carbonyl (C=O) groups excluding carboxylic acids is 2. The van der Waals surface area contributed by atoms with Gasteiger partial charge in [0, 0.05) is 33.1 Å². The summed E-state index contributed by atoms with van der Waals surface area (Å²) >= 11 is 1.25. The lowest BCUT2D eigenvalue weighted by Crippen LogP contribution is -2.31. The van der Waals surface area contributed by atoms with Crippen molar-refractivity contribution in [3.05, 3.63) is 30.1 Å². The van der Waals surface area contributed by atoms with Gasteiger partial charge in [-0.15, -0.1) is 10.2 Å². The van der Waals surface area contributed by atoms with Crippen LogP contribution in [0.1, 0.15) is 19.3 Å². The summed E-state index contributed by atoms with van der Waals surface area (Å²) in [6.07, 6.45) is 2.30. The first kappa shape index (κ1) is 19.3. The molecule has 0 radical (unpaired) electrons. The zero-order valence-corrected chi connectivity index (χ0v) is 16.0. The number of hydrogen-bond donors (Lipinski definition) is 1. The van der Waals surface area contributed by atoms with Crippen molar-refractivity contribution in [2.24, 2.45) is 7.05 Å². The van der Waals surface area contributed by atoms with E-state index in [1.54, 1.807) is 29.8 Å². The number of rotatable bonds is 8. The van der Waals surface area contributed by atoms with Gasteiger partial charge in [-0.25, -0.2) is 4.39 Å². The normalized spacial score (nSPS) is 14.0. The number of aromatic nitrogens is 3. The number of benzene rings is 1. The molecule has 1 aliphatic heterocycles. The predicted molar refractivity (Wildman–Crippen MR) is 101 cm³/mol. The number of amides is 2. The van der Waals surface area contributed by atoms with Crippen LogP contribution in [0.5, 0.6) is 0 Å². The molecule has 1 N–H and O–H groups in total. The molecule has 1 saturated heterocycles. The Bertz CT molecular complexity index is 826. The highest BCUT2D eigenvalue weighted by atomic mass is 32.2.